The molecule has 0 radical (unpaired) electrons. The van der Waals surface area contributed by atoms with Gasteiger partial charge in [0.1, 0.15) is 5.88 Å². The van der Waals surface area contributed by atoms with E-state index in [2.05, 4.69) is 10.2 Å². The van der Waals surface area contributed by atoms with Gasteiger partial charge in [0, 0.05) is 49.7 Å². The summed E-state index contributed by atoms with van der Waals surface area (Å²) in [6, 6.07) is 11.9. The first kappa shape index (κ1) is 41.8. The third-order valence-corrected chi connectivity index (χ3v) is 4.19. The number of non-ortho nitro benzene ring substituents is 2. The Balaban J connectivity index is -0.000000140. The van der Waals surface area contributed by atoms with Crippen LogP contribution in [0.25, 0.3) is 0 Å². The first-order valence-corrected chi connectivity index (χ1v) is 10.4. The number of carbonyl (C=O) groups is 3. The fourth-order valence-electron chi connectivity index (χ4n) is 1.78. The molecule has 0 aromatic heterocycles. The number of amides is 1. The van der Waals surface area contributed by atoms with E-state index in [1.54, 1.807) is 26.2 Å². The molecule has 0 atom stereocenters. The second kappa shape index (κ2) is 25.3. The summed E-state index contributed by atoms with van der Waals surface area (Å²) in [5.41, 5.74) is 1.55. The van der Waals surface area contributed by atoms with Gasteiger partial charge in [-0.05, 0) is 35.9 Å². The van der Waals surface area contributed by atoms with E-state index in [1.165, 1.54) is 41.3 Å². The van der Waals surface area contributed by atoms with Crippen molar-refractivity contribution in [3.05, 3.63) is 68.8 Å². The van der Waals surface area contributed by atoms with Crippen LogP contribution >= 0.6 is 34.8 Å². The van der Waals surface area contributed by atoms with Gasteiger partial charge in [0.25, 0.3) is 17.8 Å². The molecular weight excluding hydrogens is 548 g/mol. The molecule has 0 saturated carbocycles. The summed E-state index contributed by atoms with van der Waals surface area (Å²) in [7, 11) is 3.33. The van der Waals surface area contributed by atoms with Crippen molar-refractivity contribution in [1.29, 1.82) is 0 Å². The Labute approximate surface area is 252 Å². The molecule has 2 aromatic rings. The molecule has 194 valence electrons. The van der Waals surface area contributed by atoms with E-state index in [9.17, 15) is 29.8 Å². The predicted molar refractivity (Wildman–Crippen MR) is 130 cm³/mol. The number of halogens is 3. The second-order valence-corrected chi connectivity index (χ2v) is 6.55. The molecule has 0 aliphatic heterocycles. The van der Waals surface area contributed by atoms with Gasteiger partial charge >= 0.3 is 37.7 Å². The standard InChI is InChI=1S/C9H9ClN2O3.C7H8N2O2.C2H2Cl2O.CH2O3.2Li.H/c1-11(9(13)6-10)7-2-4-8(5-3-7)12(14)15;1-8-6-2-4-7(5-3-6)9(10)11;3-1-2(4)5;2-1-4-3;;;/h2-5H,6H2,1H3;2-5,8H,1H3;1H2;1,3H;;;/q;;;;2*+1;-1/p-1. The molecule has 13 nitrogen and oxygen atoms in total. The van der Waals surface area contributed by atoms with E-state index in [4.69, 9.17) is 44.9 Å². The van der Waals surface area contributed by atoms with Crippen molar-refractivity contribution in [2.45, 2.75) is 0 Å². The zero-order chi connectivity index (χ0) is 27.4. The third kappa shape index (κ3) is 20.4. The van der Waals surface area contributed by atoms with Crippen LogP contribution in [0.5, 0.6) is 0 Å². The van der Waals surface area contributed by atoms with Gasteiger partial charge in [-0.1, -0.05) is 0 Å². The smallest absolute Gasteiger partial charge is 1.00 e. The molecule has 1 amide bonds. The van der Waals surface area contributed by atoms with Crippen LogP contribution in [0.1, 0.15) is 1.43 Å². The number of benzene rings is 2. The molecule has 1 N–H and O–H groups in total. The van der Waals surface area contributed by atoms with Crippen molar-refractivity contribution in [3.63, 3.8) is 0 Å². The summed E-state index contributed by atoms with van der Waals surface area (Å²) in [4.78, 5) is 52.9. The summed E-state index contributed by atoms with van der Waals surface area (Å²) in [6.07, 6.45) is 0. The number of nitro groups is 2. The van der Waals surface area contributed by atoms with Gasteiger partial charge in [-0.3, -0.25) is 34.6 Å². The minimum atomic E-state index is -0.508. The van der Waals surface area contributed by atoms with Crippen molar-refractivity contribution in [2.75, 3.05) is 36.1 Å². The Hall–Kier alpha value is -2.33. The van der Waals surface area contributed by atoms with Crippen molar-refractivity contribution in [1.82, 2.24) is 0 Å². The van der Waals surface area contributed by atoms with Gasteiger partial charge in [0.05, 0.1) is 15.7 Å². The molecule has 0 saturated heterocycles. The third-order valence-electron chi connectivity index (χ3n) is 3.45. The van der Waals surface area contributed by atoms with Crippen LogP contribution in [0.4, 0.5) is 22.7 Å². The fourth-order valence-corrected chi connectivity index (χ4v) is 1.96. The van der Waals surface area contributed by atoms with Crippen molar-refractivity contribution in [2.24, 2.45) is 0 Å². The molecule has 0 spiro atoms. The minimum absolute atomic E-state index is 0. The summed E-state index contributed by atoms with van der Waals surface area (Å²) in [5, 5.41) is 31.4. The van der Waals surface area contributed by atoms with E-state index in [-0.39, 0.29) is 74.7 Å². The van der Waals surface area contributed by atoms with Gasteiger partial charge in [0.15, 0.2) is 0 Å². The largest absolute Gasteiger partial charge is 1.00 e. The topological polar surface area (TPSA) is 185 Å². The van der Waals surface area contributed by atoms with Crippen LogP contribution in [-0.2, 0) is 19.3 Å². The van der Waals surface area contributed by atoms with Crippen molar-refractivity contribution < 1.29 is 73.5 Å². The Morgan fingerprint density at radius 3 is 1.57 bits per heavy atom. The first-order chi connectivity index (χ1) is 16.5. The number of rotatable bonds is 7. The monoisotopic (exact) mass is 568 g/mol. The summed E-state index contributed by atoms with van der Waals surface area (Å²) in [6.45, 7) is -0.181. The number of hydrogen-bond acceptors (Lipinski definition) is 10. The zero-order valence-corrected chi connectivity index (χ0v) is 22.5. The van der Waals surface area contributed by atoms with E-state index < -0.39 is 15.1 Å². The Bertz CT molecular complexity index is 963. The summed E-state index contributed by atoms with van der Waals surface area (Å²) < 4.78 is 0. The Morgan fingerprint density at radius 2 is 1.32 bits per heavy atom. The maximum Gasteiger partial charge on any atom is 1.00 e. The molecule has 0 aliphatic rings. The molecule has 0 unspecified atom stereocenters. The van der Waals surface area contributed by atoms with Crippen LogP contribution in [0.2, 0.25) is 0 Å². The number of nitrogens with one attached hydrogen (secondary N) is 1. The summed E-state index contributed by atoms with van der Waals surface area (Å²) >= 11 is 14.9. The second-order valence-electron chi connectivity index (χ2n) is 5.60. The fraction of sp³-hybridized carbons (Fsp3) is 0.211. The van der Waals surface area contributed by atoms with Gasteiger partial charge in [-0.2, -0.15) is 0 Å². The number of hydrogen-bond donors (Lipinski definition) is 1. The SMILES string of the molecule is CN(C(=O)CCl)c1ccc([N+](=O)[O-])cc1.CNc1ccc([N+](=O)[O-])cc1.O=C(Cl)CCl.O=CO[O-].[H-].[Li+].[Li+]. The number of alkyl halides is 2. The van der Waals surface area contributed by atoms with E-state index in [0.717, 1.165) is 5.69 Å². The molecule has 2 aromatic carbocycles. The predicted octanol–water partition coefficient (Wildman–Crippen LogP) is -3.02. The van der Waals surface area contributed by atoms with Gasteiger partial charge in [-0.15, -0.1) is 23.2 Å². The van der Waals surface area contributed by atoms with Crippen molar-refractivity contribution in [3.8, 4) is 0 Å². The summed E-state index contributed by atoms with van der Waals surface area (Å²) in [5.74, 6) is -0.472. The molecule has 0 fully saturated rings. The maximum atomic E-state index is 11.2. The van der Waals surface area contributed by atoms with Gasteiger partial charge in [-0.25, -0.2) is 0 Å². The van der Waals surface area contributed by atoms with E-state index in [0.29, 0.717) is 5.69 Å². The zero-order valence-electron chi connectivity index (χ0n) is 21.3. The number of nitrogens with zero attached hydrogens (tertiary/aromatic N) is 3. The van der Waals surface area contributed by atoms with E-state index >= 15 is 0 Å². The van der Waals surface area contributed by atoms with Gasteiger partial charge < -0.3 is 21.8 Å². The quantitative estimate of drug-likeness (QED) is 0.0684. The molecule has 0 aliphatic carbocycles. The molecule has 0 bridgehead atoms. The molecule has 0 heterocycles. The van der Waals surface area contributed by atoms with E-state index in [1.807, 2.05) is 0 Å². The van der Waals surface area contributed by atoms with Crippen LogP contribution in [-0.4, -0.2) is 53.3 Å². The number of nitro benzene ring substituents is 2. The molecular formula is C19H21Cl3Li2N4O9. The Morgan fingerprint density at radius 1 is 0.973 bits per heavy atom. The van der Waals surface area contributed by atoms with Crippen molar-refractivity contribution >= 4 is 75.2 Å². The van der Waals surface area contributed by atoms with Crippen LogP contribution < -0.4 is 53.2 Å². The number of anilines is 2. The molecule has 2 rings (SSSR count). The van der Waals surface area contributed by atoms with Gasteiger partial charge in [0.2, 0.25) is 11.1 Å². The molecule has 18 heteroatoms. The van der Waals surface area contributed by atoms with Crippen LogP contribution in [0.3, 0.4) is 0 Å². The maximum absolute atomic E-state index is 11.2. The average Bonchev–Trinajstić information content (AvgIpc) is 2.88. The molecule has 37 heavy (non-hydrogen) atoms. The average molecular weight is 570 g/mol. The Kier molecular flexibility index (Phi) is 28.6. The van der Waals surface area contributed by atoms with Crippen LogP contribution in [0, 0.1) is 20.2 Å². The normalized spacial score (nSPS) is 8.27. The minimum Gasteiger partial charge on any atom is -1.00 e. The first-order valence-electron chi connectivity index (χ1n) is 8.94. The number of carbonyl (C=O) groups excluding carboxylic acids is 3. The van der Waals surface area contributed by atoms with Crippen LogP contribution in [0.15, 0.2) is 48.5 Å².